The quantitative estimate of drug-likeness (QED) is 0.748. The zero-order chi connectivity index (χ0) is 13.8. The Hall–Kier alpha value is -2.14. The highest BCUT2D eigenvalue weighted by Crippen LogP contribution is 2.35. The lowest BCUT2D eigenvalue weighted by Gasteiger charge is -2.24. The Labute approximate surface area is 114 Å². The largest absolute Gasteiger partial charge is 0.298 e. The van der Waals surface area contributed by atoms with Gasteiger partial charge in [0.25, 0.3) is 0 Å². The molecular formula is C17H17NO. The van der Waals surface area contributed by atoms with Gasteiger partial charge in [-0.2, -0.15) is 5.26 Å². The average molecular weight is 251 g/mol. The first-order valence-electron chi connectivity index (χ1n) is 6.51. The minimum Gasteiger partial charge on any atom is -0.298 e. The lowest BCUT2D eigenvalue weighted by Crippen LogP contribution is -2.13. The van der Waals surface area contributed by atoms with E-state index in [0.717, 1.165) is 11.8 Å². The predicted octanol–water partition coefficient (Wildman–Crippen LogP) is 3.87. The fourth-order valence-electron chi connectivity index (χ4n) is 2.43. The van der Waals surface area contributed by atoms with Gasteiger partial charge in [-0.1, -0.05) is 50.3 Å². The van der Waals surface area contributed by atoms with Crippen LogP contribution in [0.2, 0.25) is 0 Å². The molecule has 0 amide bonds. The number of carbonyl (C=O) groups excluding carboxylic acids is 1. The monoisotopic (exact) mass is 251 g/mol. The summed E-state index contributed by atoms with van der Waals surface area (Å²) in [6.07, 6.45) is 6.88. The molecule has 3 unspecified atom stereocenters. The number of nitrogens with zero attached hydrogens (tertiary/aromatic N) is 1. The molecule has 0 aliphatic heterocycles. The van der Waals surface area contributed by atoms with E-state index in [2.05, 4.69) is 26.0 Å². The van der Waals surface area contributed by atoms with Crippen molar-refractivity contribution < 1.29 is 4.79 Å². The molecule has 1 aromatic rings. The van der Waals surface area contributed by atoms with Crippen molar-refractivity contribution in [1.29, 1.82) is 5.26 Å². The van der Waals surface area contributed by atoms with Gasteiger partial charge in [-0.15, -0.1) is 0 Å². The molecule has 2 heteroatoms. The summed E-state index contributed by atoms with van der Waals surface area (Å²) in [5.41, 5.74) is 2.54. The molecule has 96 valence electrons. The van der Waals surface area contributed by atoms with Gasteiger partial charge in [0.1, 0.15) is 6.29 Å². The van der Waals surface area contributed by atoms with Crippen LogP contribution in [0.5, 0.6) is 0 Å². The van der Waals surface area contributed by atoms with Crippen molar-refractivity contribution in [2.75, 3.05) is 0 Å². The molecule has 0 N–H and O–H groups in total. The number of allylic oxidation sites excluding steroid dienone is 4. The van der Waals surface area contributed by atoms with Crippen LogP contribution < -0.4 is 0 Å². The maximum atomic E-state index is 10.7. The van der Waals surface area contributed by atoms with Crippen LogP contribution in [-0.4, -0.2) is 6.29 Å². The van der Waals surface area contributed by atoms with Crippen molar-refractivity contribution >= 4 is 6.29 Å². The molecule has 0 radical (unpaired) electrons. The van der Waals surface area contributed by atoms with E-state index in [9.17, 15) is 4.79 Å². The highest BCUT2D eigenvalue weighted by Gasteiger charge is 2.23. The van der Waals surface area contributed by atoms with Gasteiger partial charge in [0.2, 0.25) is 0 Å². The van der Waals surface area contributed by atoms with Crippen LogP contribution in [0.15, 0.2) is 48.1 Å². The van der Waals surface area contributed by atoms with Crippen LogP contribution in [0.3, 0.4) is 0 Å². The van der Waals surface area contributed by atoms with E-state index in [1.165, 1.54) is 0 Å². The molecule has 0 heterocycles. The second kappa shape index (κ2) is 5.67. The van der Waals surface area contributed by atoms with Crippen molar-refractivity contribution in [3.05, 3.63) is 59.2 Å². The normalized spacial score (nSPS) is 26.2. The minimum absolute atomic E-state index is 0.209. The number of nitriles is 1. The smallest absolute Gasteiger partial charge is 0.150 e. The minimum atomic E-state index is 0.209. The lowest BCUT2D eigenvalue weighted by molar-refractivity contribution is 0.112. The number of carbonyl (C=O) groups is 1. The van der Waals surface area contributed by atoms with Crippen LogP contribution in [0.1, 0.15) is 35.7 Å². The molecule has 0 aromatic heterocycles. The maximum absolute atomic E-state index is 10.7. The summed E-state index contributed by atoms with van der Waals surface area (Å²) in [6.45, 7) is 4.37. The van der Waals surface area contributed by atoms with Crippen LogP contribution in [0.25, 0.3) is 0 Å². The molecule has 19 heavy (non-hydrogen) atoms. The van der Waals surface area contributed by atoms with Crippen LogP contribution in [0.4, 0.5) is 0 Å². The Kier molecular flexibility index (Phi) is 3.97. The highest BCUT2D eigenvalue weighted by molar-refractivity contribution is 5.74. The molecule has 0 spiro atoms. The SMILES string of the molecule is CC1C=CC(C#N)=CC(c2ccc(C=O)cc2)C1C. The molecule has 0 saturated heterocycles. The third kappa shape index (κ3) is 2.82. The summed E-state index contributed by atoms with van der Waals surface area (Å²) in [5, 5.41) is 9.12. The second-order valence-electron chi connectivity index (χ2n) is 5.12. The molecule has 0 bridgehead atoms. The molecule has 1 aromatic carbocycles. The molecule has 2 rings (SSSR count). The summed E-state index contributed by atoms with van der Waals surface area (Å²) in [7, 11) is 0. The Morgan fingerprint density at radius 2 is 1.89 bits per heavy atom. The Bertz CT molecular complexity index is 560. The van der Waals surface area contributed by atoms with E-state index in [-0.39, 0.29) is 5.92 Å². The van der Waals surface area contributed by atoms with E-state index in [4.69, 9.17) is 5.26 Å². The first-order valence-corrected chi connectivity index (χ1v) is 6.51. The van der Waals surface area contributed by atoms with Crippen molar-refractivity contribution in [1.82, 2.24) is 0 Å². The summed E-state index contributed by atoms with van der Waals surface area (Å²) >= 11 is 0. The van der Waals surface area contributed by atoms with Crippen molar-refractivity contribution in [2.45, 2.75) is 19.8 Å². The Balaban J connectivity index is 2.39. The fourth-order valence-corrected chi connectivity index (χ4v) is 2.43. The van der Waals surface area contributed by atoms with E-state index in [1.807, 2.05) is 36.4 Å². The zero-order valence-electron chi connectivity index (χ0n) is 11.2. The van der Waals surface area contributed by atoms with E-state index < -0.39 is 0 Å². The average Bonchev–Trinajstić information content (AvgIpc) is 2.60. The van der Waals surface area contributed by atoms with Gasteiger partial charge < -0.3 is 0 Å². The van der Waals surface area contributed by atoms with Gasteiger partial charge in [0.05, 0.1) is 6.07 Å². The predicted molar refractivity (Wildman–Crippen MR) is 75.7 cm³/mol. The van der Waals surface area contributed by atoms with Crippen LogP contribution in [0, 0.1) is 23.2 Å². The molecule has 3 atom stereocenters. The topological polar surface area (TPSA) is 40.9 Å². The lowest BCUT2D eigenvalue weighted by atomic mass is 9.80. The molecular weight excluding hydrogens is 234 g/mol. The van der Waals surface area contributed by atoms with Crippen molar-refractivity contribution in [3.8, 4) is 6.07 Å². The van der Waals surface area contributed by atoms with Gasteiger partial charge in [0, 0.05) is 17.1 Å². The maximum Gasteiger partial charge on any atom is 0.150 e. The summed E-state index contributed by atoms with van der Waals surface area (Å²) in [6, 6.07) is 9.85. The molecule has 0 fully saturated rings. The molecule has 2 nitrogen and oxygen atoms in total. The Morgan fingerprint density at radius 1 is 1.21 bits per heavy atom. The number of benzene rings is 1. The highest BCUT2D eigenvalue weighted by atomic mass is 16.1. The first-order chi connectivity index (χ1) is 9.15. The standard InChI is InChI=1S/C17H17NO/c1-12-3-4-15(10-18)9-17(13(12)2)16-7-5-14(11-19)6-8-16/h3-9,11-13,17H,1-2H3. The van der Waals surface area contributed by atoms with Crippen molar-refractivity contribution in [3.63, 3.8) is 0 Å². The fraction of sp³-hybridized carbons (Fsp3) is 0.294. The van der Waals surface area contributed by atoms with Gasteiger partial charge in [-0.05, 0) is 23.5 Å². The number of aldehydes is 1. The van der Waals surface area contributed by atoms with Crippen LogP contribution >= 0.6 is 0 Å². The number of rotatable bonds is 2. The zero-order valence-corrected chi connectivity index (χ0v) is 11.2. The molecule has 1 aliphatic carbocycles. The van der Waals surface area contributed by atoms with Gasteiger partial charge in [-0.25, -0.2) is 0 Å². The van der Waals surface area contributed by atoms with Gasteiger partial charge >= 0.3 is 0 Å². The third-order valence-electron chi connectivity index (χ3n) is 3.92. The first kappa shape index (κ1) is 13.3. The summed E-state index contributed by atoms with van der Waals surface area (Å²) in [4.78, 5) is 10.7. The summed E-state index contributed by atoms with van der Waals surface area (Å²) < 4.78 is 0. The van der Waals surface area contributed by atoms with E-state index >= 15 is 0 Å². The van der Waals surface area contributed by atoms with E-state index in [1.54, 1.807) is 0 Å². The van der Waals surface area contributed by atoms with Gasteiger partial charge in [0.15, 0.2) is 0 Å². The number of hydrogen-bond acceptors (Lipinski definition) is 2. The second-order valence-corrected chi connectivity index (χ2v) is 5.12. The molecule has 1 aliphatic rings. The van der Waals surface area contributed by atoms with E-state index in [0.29, 0.717) is 23.0 Å². The number of hydrogen-bond donors (Lipinski definition) is 0. The van der Waals surface area contributed by atoms with Crippen molar-refractivity contribution in [2.24, 2.45) is 11.8 Å². The third-order valence-corrected chi connectivity index (χ3v) is 3.92. The van der Waals surface area contributed by atoms with Crippen LogP contribution in [-0.2, 0) is 0 Å². The Morgan fingerprint density at radius 3 is 2.47 bits per heavy atom. The molecule has 0 saturated carbocycles. The van der Waals surface area contributed by atoms with Gasteiger partial charge in [-0.3, -0.25) is 4.79 Å². The summed E-state index contributed by atoms with van der Waals surface area (Å²) in [5.74, 6) is 1.04.